The standard InChI is InChI=1S/C12H16FNO2/c1-7-5-8(9(13)11(16)10(7)15)12(6-14)3-2-4-12/h5,15-16H,2-4,6,14H2,1H3. The molecule has 0 spiro atoms. The first-order valence-electron chi connectivity index (χ1n) is 5.43. The van der Waals surface area contributed by atoms with E-state index >= 15 is 0 Å². The number of benzene rings is 1. The van der Waals surface area contributed by atoms with Crippen LogP contribution in [0.5, 0.6) is 11.5 Å². The van der Waals surface area contributed by atoms with Crippen LogP contribution in [-0.2, 0) is 5.41 Å². The molecule has 1 aromatic rings. The number of aryl methyl sites for hydroxylation is 1. The van der Waals surface area contributed by atoms with Gasteiger partial charge in [0.05, 0.1) is 0 Å². The molecule has 4 heteroatoms. The number of hydrogen-bond acceptors (Lipinski definition) is 3. The van der Waals surface area contributed by atoms with Crippen LogP contribution in [0.3, 0.4) is 0 Å². The predicted octanol–water partition coefficient (Wildman–Crippen LogP) is 1.93. The molecule has 0 radical (unpaired) electrons. The zero-order valence-electron chi connectivity index (χ0n) is 9.26. The number of phenolic OH excluding ortho intramolecular Hbond substituents is 2. The van der Waals surface area contributed by atoms with Crippen LogP contribution in [0.2, 0.25) is 0 Å². The number of halogens is 1. The van der Waals surface area contributed by atoms with Gasteiger partial charge in [-0.1, -0.05) is 6.42 Å². The molecule has 0 bridgehead atoms. The van der Waals surface area contributed by atoms with Crippen molar-refractivity contribution >= 4 is 0 Å². The molecule has 1 fully saturated rings. The Morgan fingerprint density at radius 2 is 2.00 bits per heavy atom. The van der Waals surface area contributed by atoms with E-state index in [-0.39, 0.29) is 11.2 Å². The minimum absolute atomic E-state index is 0.347. The van der Waals surface area contributed by atoms with Crippen molar-refractivity contribution in [3.63, 3.8) is 0 Å². The van der Waals surface area contributed by atoms with Gasteiger partial charge in [-0.05, 0) is 37.0 Å². The molecule has 4 N–H and O–H groups in total. The Morgan fingerprint density at radius 1 is 1.38 bits per heavy atom. The number of nitrogens with two attached hydrogens (primary N) is 1. The molecule has 0 atom stereocenters. The Labute approximate surface area is 93.7 Å². The molecular formula is C12H16FNO2. The third kappa shape index (κ3) is 1.37. The van der Waals surface area contributed by atoms with Crippen molar-refractivity contribution in [3.05, 3.63) is 23.0 Å². The summed E-state index contributed by atoms with van der Waals surface area (Å²) in [5.41, 5.74) is 6.27. The maximum atomic E-state index is 13.9. The molecule has 0 saturated heterocycles. The van der Waals surface area contributed by atoms with Gasteiger partial charge in [0.1, 0.15) is 0 Å². The zero-order valence-corrected chi connectivity index (χ0v) is 9.26. The Bertz CT molecular complexity index is 422. The monoisotopic (exact) mass is 225 g/mol. The highest BCUT2D eigenvalue weighted by molar-refractivity contribution is 5.50. The third-order valence-electron chi connectivity index (χ3n) is 3.68. The fourth-order valence-electron chi connectivity index (χ4n) is 2.34. The van der Waals surface area contributed by atoms with Crippen molar-refractivity contribution in [1.29, 1.82) is 0 Å². The van der Waals surface area contributed by atoms with Crippen LogP contribution in [0, 0.1) is 12.7 Å². The summed E-state index contributed by atoms with van der Waals surface area (Å²) in [6.45, 7) is 2.01. The average molecular weight is 225 g/mol. The third-order valence-corrected chi connectivity index (χ3v) is 3.68. The molecule has 88 valence electrons. The predicted molar refractivity (Wildman–Crippen MR) is 59.1 cm³/mol. The van der Waals surface area contributed by atoms with Crippen molar-refractivity contribution in [2.24, 2.45) is 5.73 Å². The van der Waals surface area contributed by atoms with Gasteiger partial charge in [0.25, 0.3) is 0 Å². The van der Waals surface area contributed by atoms with Gasteiger partial charge in [-0.15, -0.1) is 0 Å². The number of aromatic hydroxyl groups is 2. The second kappa shape index (κ2) is 3.63. The van der Waals surface area contributed by atoms with Crippen molar-refractivity contribution in [2.45, 2.75) is 31.6 Å². The summed E-state index contributed by atoms with van der Waals surface area (Å²) in [4.78, 5) is 0. The first-order valence-corrected chi connectivity index (χ1v) is 5.43. The summed E-state index contributed by atoms with van der Waals surface area (Å²) in [6.07, 6.45) is 2.70. The van der Waals surface area contributed by atoms with Gasteiger partial charge in [0, 0.05) is 12.0 Å². The lowest BCUT2D eigenvalue weighted by Gasteiger charge is -2.41. The molecule has 0 amide bonds. The molecule has 0 aromatic heterocycles. The van der Waals surface area contributed by atoms with Gasteiger partial charge in [-0.25, -0.2) is 4.39 Å². The van der Waals surface area contributed by atoms with Crippen LogP contribution in [0.25, 0.3) is 0 Å². The smallest absolute Gasteiger partial charge is 0.194 e. The maximum Gasteiger partial charge on any atom is 0.194 e. The van der Waals surface area contributed by atoms with Crippen molar-refractivity contribution in [2.75, 3.05) is 6.54 Å². The topological polar surface area (TPSA) is 66.5 Å². The van der Waals surface area contributed by atoms with Crippen LogP contribution in [0.15, 0.2) is 6.07 Å². The highest BCUT2D eigenvalue weighted by Crippen LogP contribution is 2.47. The second-order valence-corrected chi connectivity index (χ2v) is 4.59. The van der Waals surface area contributed by atoms with Crippen LogP contribution in [0.1, 0.15) is 30.4 Å². The number of rotatable bonds is 2. The Morgan fingerprint density at radius 3 is 2.44 bits per heavy atom. The van der Waals surface area contributed by atoms with E-state index in [1.54, 1.807) is 13.0 Å². The fourth-order valence-corrected chi connectivity index (χ4v) is 2.34. The lowest BCUT2D eigenvalue weighted by Crippen LogP contribution is -2.42. The molecule has 16 heavy (non-hydrogen) atoms. The summed E-state index contributed by atoms with van der Waals surface area (Å²) in [5, 5.41) is 18.9. The average Bonchev–Trinajstić information content (AvgIpc) is 2.21. The van der Waals surface area contributed by atoms with Crippen LogP contribution < -0.4 is 5.73 Å². The molecular weight excluding hydrogens is 209 g/mol. The first kappa shape index (κ1) is 11.2. The van der Waals surface area contributed by atoms with Crippen LogP contribution >= 0.6 is 0 Å². The number of phenols is 2. The Kier molecular flexibility index (Phi) is 2.54. The lowest BCUT2D eigenvalue weighted by atomic mass is 9.64. The molecule has 0 heterocycles. The molecule has 0 unspecified atom stereocenters. The molecule has 3 nitrogen and oxygen atoms in total. The fraction of sp³-hybridized carbons (Fsp3) is 0.500. The number of hydrogen-bond donors (Lipinski definition) is 3. The molecule has 0 aliphatic heterocycles. The van der Waals surface area contributed by atoms with E-state index in [0.717, 1.165) is 19.3 Å². The van der Waals surface area contributed by atoms with E-state index < -0.39 is 11.6 Å². The SMILES string of the molecule is Cc1cc(C2(CN)CCC2)c(F)c(O)c1O. The summed E-state index contributed by atoms with van der Waals surface area (Å²) < 4.78 is 13.9. The highest BCUT2D eigenvalue weighted by atomic mass is 19.1. The van der Waals surface area contributed by atoms with Gasteiger partial charge in [0.2, 0.25) is 0 Å². The summed E-state index contributed by atoms with van der Waals surface area (Å²) >= 11 is 0. The van der Waals surface area contributed by atoms with Gasteiger partial charge < -0.3 is 15.9 Å². The van der Waals surface area contributed by atoms with Gasteiger partial charge in [-0.3, -0.25) is 0 Å². The van der Waals surface area contributed by atoms with Gasteiger partial charge >= 0.3 is 0 Å². The normalized spacial score (nSPS) is 18.2. The van der Waals surface area contributed by atoms with E-state index in [9.17, 15) is 14.6 Å². The summed E-state index contributed by atoms with van der Waals surface area (Å²) in [5.74, 6) is -1.77. The largest absolute Gasteiger partial charge is 0.504 e. The minimum atomic E-state index is -0.728. The summed E-state index contributed by atoms with van der Waals surface area (Å²) in [6, 6.07) is 1.59. The highest BCUT2D eigenvalue weighted by Gasteiger charge is 2.40. The van der Waals surface area contributed by atoms with Crippen LogP contribution in [0.4, 0.5) is 4.39 Å². The van der Waals surface area contributed by atoms with Crippen molar-refractivity contribution in [3.8, 4) is 11.5 Å². The van der Waals surface area contributed by atoms with E-state index in [1.165, 1.54) is 0 Å². The Hall–Kier alpha value is -1.29. The maximum absolute atomic E-state index is 13.9. The van der Waals surface area contributed by atoms with E-state index in [0.29, 0.717) is 17.7 Å². The molecule has 1 aromatic carbocycles. The molecule has 2 rings (SSSR count). The Balaban J connectivity index is 2.57. The van der Waals surface area contributed by atoms with Crippen molar-refractivity contribution in [1.82, 2.24) is 0 Å². The van der Waals surface area contributed by atoms with Gasteiger partial charge in [0.15, 0.2) is 17.3 Å². The molecule has 1 aliphatic rings. The lowest BCUT2D eigenvalue weighted by molar-refractivity contribution is 0.240. The van der Waals surface area contributed by atoms with Crippen molar-refractivity contribution < 1.29 is 14.6 Å². The molecule has 1 aliphatic carbocycles. The van der Waals surface area contributed by atoms with E-state index in [4.69, 9.17) is 5.73 Å². The molecule has 1 saturated carbocycles. The zero-order chi connectivity index (χ0) is 11.9. The first-order chi connectivity index (χ1) is 7.52. The second-order valence-electron chi connectivity index (χ2n) is 4.59. The van der Waals surface area contributed by atoms with E-state index in [2.05, 4.69) is 0 Å². The minimum Gasteiger partial charge on any atom is -0.504 e. The van der Waals surface area contributed by atoms with Crippen LogP contribution in [-0.4, -0.2) is 16.8 Å². The summed E-state index contributed by atoms with van der Waals surface area (Å²) in [7, 11) is 0. The van der Waals surface area contributed by atoms with Gasteiger partial charge in [-0.2, -0.15) is 0 Å². The quantitative estimate of drug-likeness (QED) is 0.674. The van der Waals surface area contributed by atoms with E-state index in [1.807, 2.05) is 0 Å².